The Hall–Kier alpha value is -1.35. The highest BCUT2D eigenvalue weighted by Crippen LogP contribution is 2.30. The van der Waals surface area contributed by atoms with Gasteiger partial charge in [0, 0.05) is 0 Å². The molecule has 0 saturated heterocycles. The minimum atomic E-state index is -0.521. The molecule has 0 bridgehead atoms. The Labute approximate surface area is 85.9 Å². The van der Waals surface area contributed by atoms with Crippen molar-refractivity contribution in [1.82, 2.24) is 0 Å². The maximum Gasteiger partial charge on any atom is 0.144 e. The van der Waals surface area contributed by atoms with Crippen LogP contribution in [0.15, 0.2) is 24.3 Å². The van der Waals surface area contributed by atoms with Crippen LogP contribution in [0.3, 0.4) is 0 Å². The van der Waals surface area contributed by atoms with Crippen LogP contribution in [0.25, 0.3) is 5.03 Å². The summed E-state index contributed by atoms with van der Waals surface area (Å²) in [5, 5.41) is 0.0231. The van der Waals surface area contributed by atoms with Crippen molar-refractivity contribution in [2.45, 2.75) is 0 Å². The first-order valence-corrected chi connectivity index (χ1v) is 4.22. The highest BCUT2D eigenvalue weighted by Gasteiger charge is 2.11. The fourth-order valence-electron chi connectivity index (χ4n) is 1.05. The Morgan fingerprint density at radius 2 is 2.29 bits per heavy atom. The van der Waals surface area contributed by atoms with Gasteiger partial charge in [-0.05, 0) is 18.2 Å². The highest BCUT2D eigenvalue weighted by atomic mass is 35.5. The molecule has 0 aromatic heterocycles. The van der Waals surface area contributed by atoms with Gasteiger partial charge in [-0.2, -0.15) is 0 Å². The number of aldehydes is 1. The van der Waals surface area contributed by atoms with E-state index in [2.05, 4.69) is 0 Å². The second kappa shape index (κ2) is 4.77. The van der Waals surface area contributed by atoms with Crippen LogP contribution in [-0.2, 0) is 4.79 Å². The van der Waals surface area contributed by atoms with Crippen LogP contribution in [0.1, 0.15) is 5.56 Å². The molecule has 0 aliphatic carbocycles. The Morgan fingerprint density at radius 1 is 1.57 bits per heavy atom. The Balaban J connectivity index is 3.30. The number of carbonyl (C=O) groups excluding carboxylic acids is 1. The molecule has 1 rings (SSSR count). The number of allylic oxidation sites excluding steroid dienone is 1. The molecule has 0 heterocycles. The zero-order valence-corrected chi connectivity index (χ0v) is 8.22. The summed E-state index contributed by atoms with van der Waals surface area (Å²) >= 11 is 5.71. The van der Waals surface area contributed by atoms with E-state index in [0.29, 0.717) is 12.0 Å². The molecule has 4 heteroatoms. The van der Waals surface area contributed by atoms with E-state index in [1.54, 1.807) is 6.07 Å². The van der Waals surface area contributed by atoms with Crippen molar-refractivity contribution in [3.63, 3.8) is 0 Å². The topological polar surface area (TPSA) is 26.3 Å². The molecule has 0 saturated carbocycles. The largest absolute Gasteiger partial charge is 0.496 e. The normalized spacial score (nSPS) is 11.2. The number of hydrogen-bond acceptors (Lipinski definition) is 2. The first kappa shape index (κ1) is 10.7. The second-order valence-electron chi connectivity index (χ2n) is 2.47. The van der Waals surface area contributed by atoms with Gasteiger partial charge in [-0.25, -0.2) is 4.39 Å². The molecule has 1 aromatic rings. The molecule has 14 heavy (non-hydrogen) atoms. The summed E-state index contributed by atoms with van der Waals surface area (Å²) in [5.74, 6) is -0.222. The number of methoxy groups -OCH3 is 1. The molecule has 2 nitrogen and oxygen atoms in total. The lowest BCUT2D eigenvalue weighted by atomic mass is 10.1. The standard InChI is InChI=1S/C10H8ClFO2/c1-14-9-4-2-3-8(12)10(9)7(11)5-6-13/h2-6H,1H3/b7-5-. The Morgan fingerprint density at radius 3 is 2.86 bits per heavy atom. The SMILES string of the molecule is COc1cccc(F)c1/C(Cl)=C/C=O. The van der Waals surface area contributed by atoms with Crippen LogP contribution in [0.4, 0.5) is 4.39 Å². The van der Waals surface area contributed by atoms with Crippen molar-refractivity contribution in [2.24, 2.45) is 0 Å². The number of hydrogen-bond donors (Lipinski definition) is 0. The quantitative estimate of drug-likeness (QED) is 0.571. The summed E-state index contributed by atoms with van der Waals surface area (Å²) in [5.41, 5.74) is 0.101. The average molecular weight is 215 g/mol. The van der Waals surface area contributed by atoms with E-state index in [1.165, 1.54) is 19.2 Å². The molecule has 0 unspecified atom stereocenters. The van der Waals surface area contributed by atoms with Gasteiger partial charge in [0.15, 0.2) is 0 Å². The van der Waals surface area contributed by atoms with Gasteiger partial charge in [0.2, 0.25) is 0 Å². The number of halogens is 2. The Kier molecular flexibility index (Phi) is 3.65. The summed E-state index contributed by atoms with van der Waals surface area (Å²) in [6.45, 7) is 0. The van der Waals surface area contributed by atoms with Crippen molar-refractivity contribution >= 4 is 22.9 Å². The average Bonchev–Trinajstić information content (AvgIpc) is 2.17. The summed E-state index contributed by atoms with van der Waals surface area (Å²) in [6, 6.07) is 4.32. The van der Waals surface area contributed by atoms with Crippen LogP contribution < -0.4 is 4.74 Å². The second-order valence-corrected chi connectivity index (χ2v) is 2.87. The molecule has 0 amide bonds. The number of carbonyl (C=O) groups is 1. The minimum absolute atomic E-state index is 0.0231. The number of rotatable bonds is 3. The first-order valence-electron chi connectivity index (χ1n) is 3.84. The molecular formula is C10H8ClFO2. The predicted octanol–water partition coefficient (Wildman–Crippen LogP) is 2.61. The molecule has 0 aliphatic rings. The maximum atomic E-state index is 13.3. The van der Waals surface area contributed by atoms with E-state index in [1.807, 2.05) is 0 Å². The fourth-order valence-corrected chi connectivity index (χ4v) is 1.28. The van der Waals surface area contributed by atoms with Crippen molar-refractivity contribution in [2.75, 3.05) is 7.11 Å². The van der Waals surface area contributed by atoms with Gasteiger partial charge in [0.1, 0.15) is 17.9 Å². The van der Waals surface area contributed by atoms with E-state index in [4.69, 9.17) is 16.3 Å². The van der Waals surface area contributed by atoms with Gasteiger partial charge in [-0.3, -0.25) is 4.79 Å². The van der Waals surface area contributed by atoms with Crippen molar-refractivity contribution < 1.29 is 13.9 Å². The molecule has 0 fully saturated rings. The van der Waals surface area contributed by atoms with Crippen LogP contribution in [0, 0.1) is 5.82 Å². The summed E-state index contributed by atoms with van der Waals surface area (Å²) in [7, 11) is 1.41. The van der Waals surface area contributed by atoms with Gasteiger partial charge in [0.05, 0.1) is 17.7 Å². The Bertz CT molecular complexity index is 374. The lowest BCUT2D eigenvalue weighted by Gasteiger charge is -2.07. The number of ether oxygens (including phenoxy) is 1. The van der Waals surface area contributed by atoms with E-state index in [-0.39, 0.29) is 10.6 Å². The van der Waals surface area contributed by atoms with E-state index in [9.17, 15) is 9.18 Å². The molecule has 74 valence electrons. The van der Waals surface area contributed by atoms with Crippen LogP contribution in [-0.4, -0.2) is 13.4 Å². The van der Waals surface area contributed by atoms with Gasteiger partial charge < -0.3 is 4.74 Å². The van der Waals surface area contributed by atoms with E-state index in [0.717, 1.165) is 6.08 Å². The van der Waals surface area contributed by atoms with E-state index < -0.39 is 5.82 Å². The van der Waals surface area contributed by atoms with Gasteiger partial charge >= 0.3 is 0 Å². The smallest absolute Gasteiger partial charge is 0.144 e. The highest BCUT2D eigenvalue weighted by molar-refractivity contribution is 6.50. The maximum absolute atomic E-state index is 13.3. The molecule has 0 N–H and O–H groups in total. The fraction of sp³-hybridized carbons (Fsp3) is 0.100. The van der Waals surface area contributed by atoms with Crippen LogP contribution in [0.2, 0.25) is 0 Å². The molecule has 0 radical (unpaired) electrons. The van der Waals surface area contributed by atoms with Gasteiger partial charge in [0.25, 0.3) is 0 Å². The predicted molar refractivity (Wildman–Crippen MR) is 52.8 cm³/mol. The molecule has 0 atom stereocenters. The molecular weight excluding hydrogens is 207 g/mol. The number of benzene rings is 1. The lowest BCUT2D eigenvalue weighted by molar-refractivity contribution is -0.104. The third-order valence-corrected chi connectivity index (χ3v) is 1.96. The summed E-state index contributed by atoms with van der Waals surface area (Å²) in [4.78, 5) is 10.2. The van der Waals surface area contributed by atoms with Crippen LogP contribution >= 0.6 is 11.6 Å². The summed E-state index contributed by atoms with van der Waals surface area (Å²) in [6.07, 6.45) is 1.57. The van der Waals surface area contributed by atoms with Crippen molar-refractivity contribution in [3.05, 3.63) is 35.7 Å². The van der Waals surface area contributed by atoms with Gasteiger partial charge in [-0.15, -0.1) is 0 Å². The third-order valence-electron chi connectivity index (χ3n) is 1.65. The minimum Gasteiger partial charge on any atom is -0.496 e. The van der Waals surface area contributed by atoms with Crippen molar-refractivity contribution in [3.8, 4) is 5.75 Å². The van der Waals surface area contributed by atoms with Crippen molar-refractivity contribution in [1.29, 1.82) is 0 Å². The zero-order valence-electron chi connectivity index (χ0n) is 7.46. The lowest BCUT2D eigenvalue weighted by Crippen LogP contribution is -1.92. The van der Waals surface area contributed by atoms with E-state index >= 15 is 0 Å². The monoisotopic (exact) mass is 214 g/mol. The summed E-state index contributed by atoms with van der Waals surface area (Å²) < 4.78 is 18.2. The molecule has 0 spiro atoms. The first-order chi connectivity index (χ1) is 6.70. The molecule has 0 aliphatic heterocycles. The zero-order chi connectivity index (χ0) is 10.6. The third kappa shape index (κ3) is 2.12. The van der Waals surface area contributed by atoms with Gasteiger partial charge in [-0.1, -0.05) is 17.7 Å². The van der Waals surface area contributed by atoms with Crippen LogP contribution in [0.5, 0.6) is 5.75 Å². The molecule has 1 aromatic carbocycles.